The van der Waals surface area contributed by atoms with Gasteiger partial charge in [0.2, 0.25) is 0 Å². The second-order valence-electron chi connectivity index (χ2n) is 2.96. The van der Waals surface area contributed by atoms with Gasteiger partial charge in [0.15, 0.2) is 0 Å². The first-order valence-corrected chi connectivity index (χ1v) is 3.65. The molecule has 0 nitrogen and oxygen atoms in total. The molecule has 0 rings (SSSR count). The summed E-state index contributed by atoms with van der Waals surface area (Å²) in [5, 5.41) is 0. The van der Waals surface area contributed by atoms with E-state index >= 15 is 0 Å². The smallest absolute Gasteiger partial charge is 0.00986 e. The van der Waals surface area contributed by atoms with Crippen molar-refractivity contribution < 1.29 is 0 Å². The molecule has 0 bridgehead atoms. The van der Waals surface area contributed by atoms with Gasteiger partial charge in [0.05, 0.1) is 0 Å². The molecule has 0 aliphatic rings. The van der Waals surface area contributed by atoms with E-state index in [1.165, 1.54) is 6.42 Å². The Hall–Kier alpha value is 0.350. The minimum atomic E-state index is 0.203. The molecule has 0 saturated heterocycles. The van der Waals surface area contributed by atoms with Gasteiger partial charge in [-0.1, -0.05) is 34.1 Å². The molecule has 8 heavy (non-hydrogen) atoms. The van der Waals surface area contributed by atoms with E-state index in [2.05, 4.69) is 40.3 Å². The lowest BCUT2D eigenvalue weighted by Crippen LogP contribution is -2.20. The molecule has 0 saturated carbocycles. The fourth-order valence-electron chi connectivity index (χ4n) is 0.500. The maximum Gasteiger partial charge on any atom is 0.00986 e. The van der Waals surface area contributed by atoms with Crippen LogP contribution >= 0.6 is 12.6 Å². The maximum atomic E-state index is 4.43. The van der Waals surface area contributed by atoms with E-state index in [9.17, 15) is 0 Å². The van der Waals surface area contributed by atoms with E-state index < -0.39 is 0 Å². The molecule has 0 spiro atoms. The van der Waals surface area contributed by atoms with E-state index in [-0.39, 0.29) is 4.75 Å². The predicted molar refractivity (Wildman–Crippen MR) is 42.5 cm³/mol. The van der Waals surface area contributed by atoms with Crippen molar-refractivity contribution in [1.29, 1.82) is 0 Å². The summed E-state index contributed by atoms with van der Waals surface area (Å²) in [6, 6.07) is 0. The van der Waals surface area contributed by atoms with Crippen molar-refractivity contribution in [3.8, 4) is 0 Å². The Balaban J connectivity index is 3.62. The Morgan fingerprint density at radius 1 is 1.50 bits per heavy atom. The molecular weight excluding hydrogens is 116 g/mol. The van der Waals surface area contributed by atoms with Crippen LogP contribution in [-0.2, 0) is 0 Å². The van der Waals surface area contributed by atoms with Crippen LogP contribution in [0.3, 0.4) is 0 Å². The van der Waals surface area contributed by atoms with Crippen molar-refractivity contribution in [2.45, 2.75) is 38.9 Å². The summed E-state index contributed by atoms with van der Waals surface area (Å²) < 4.78 is 0.203. The topological polar surface area (TPSA) is 0 Å². The van der Waals surface area contributed by atoms with Crippen LogP contribution in [0, 0.1) is 5.92 Å². The Bertz CT molecular complexity index is 61.3. The molecule has 0 N–H and O–H groups in total. The minimum Gasteiger partial charge on any atom is -0.173 e. The second-order valence-corrected chi connectivity index (χ2v) is 4.12. The molecule has 0 heterocycles. The Labute approximate surface area is 58.1 Å². The summed E-state index contributed by atoms with van der Waals surface area (Å²) in [5.74, 6) is 0.714. The first kappa shape index (κ1) is 8.35. The van der Waals surface area contributed by atoms with Crippen LogP contribution in [0.5, 0.6) is 0 Å². The van der Waals surface area contributed by atoms with Crippen LogP contribution < -0.4 is 0 Å². The molecule has 0 radical (unpaired) electrons. The van der Waals surface area contributed by atoms with Crippen molar-refractivity contribution >= 4 is 12.6 Å². The standard InChI is InChI=1S/C7H16S/c1-5-6(2)7(3,4)8/h6,8H,5H2,1-4H3. The number of thiol groups is 1. The summed E-state index contributed by atoms with van der Waals surface area (Å²) in [7, 11) is 0. The largest absolute Gasteiger partial charge is 0.173 e. The van der Waals surface area contributed by atoms with Crippen LogP contribution in [-0.4, -0.2) is 4.75 Å². The zero-order valence-corrected chi connectivity index (χ0v) is 7.13. The average molecular weight is 132 g/mol. The maximum absolute atomic E-state index is 4.43. The average Bonchev–Trinajstić information content (AvgIpc) is 1.62. The molecule has 0 aliphatic carbocycles. The van der Waals surface area contributed by atoms with Gasteiger partial charge in [0.25, 0.3) is 0 Å². The van der Waals surface area contributed by atoms with Crippen molar-refractivity contribution in [3.63, 3.8) is 0 Å². The fraction of sp³-hybridized carbons (Fsp3) is 1.00. The van der Waals surface area contributed by atoms with Crippen LogP contribution in [0.2, 0.25) is 0 Å². The molecule has 1 unspecified atom stereocenters. The van der Waals surface area contributed by atoms with Gasteiger partial charge in [-0.15, -0.1) is 0 Å². The molecular formula is C7H16S. The summed E-state index contributed by atoms with van der Waals surface area (Å²) in [5.41, 5.74) is 0. The van der Waals surface area contributed by atoms with Gasteiger partial charge in [-0.2, -0.15) is 12.6 Å². The normalized spacial score (nSPS) is 16.1. The molecule has 0 aliphatic heterocycles. The predicted octanol–water partition coefficient (Wildman–Crippen LogP) is 2.74. The number of hydrogen-bond donors (Lipinski definition) is 1. The van der Waals surface area contributed by atoms with Gasteiger partial charge in [0, 0.05) is 4.75 Å². The van der Waals surface area contributed by atoms with Crippen LogP contribution in [0.15, 0.2) is 0 Å². The highest BCUT2D eigenvalue weighted by Gasteiger charge is 2.18. The van der Waals surface area contributed by atoms with Gasteiger partial charge < -0.3 is 0 Å². The third-order valence-electron chi connectivity index (χ3n) is 1.82. The van der Waals surface area contributed by atoms with Crippen molar-refractivity contribution in [3.05, 3.63) is 0 Å². The molecule has 50 valence electrons. The highest BCUT2D eigenvalue weighted by Crippen LogP contribution is 2.25. The fourth-order valence-corrected chi connectivity index (χ4v) is 0.682. The third-order valence-corrected chi connectivity index (χ3v) is 2.26. The molecule has 0 fully saturated rings. The Morgan fingerprint density at radius 3 is 1.88 bits per heavy atom. The van der Waals surface area contributed by atoms with Crippen LogP contribution in [0.4, 0.5) is 0 Å². The Kier molecular flexibility index (Phi) is 2.89. The quantitative estimate of drug-likeness (QED) is 0.549. The zero-order valence-electron chi connectivity index (χ0n) is 6.23. The zero-order chi connectivity index (χ0) is 6.78. The Morgan fingerprint density at radius 2 is 1.88 bits per heavy atom. The second kappa shape index (κ2) is 2.77. The molecule has 0 aromatic carbocycles. The minimum absolute atomic E-state index is 0.203. The first-order valence-electron chi connectivity index (χ1n) is 3.20. The van der Waals surface area contributed by atoms with Gasteiger partial charge in [-0.25, -0.2) is 0 Å². The SMILES string of the molecule is CCC(C)C(C)(C)S. The lowest BCUT2D eigenvalue weighted by molar-refractivity contribution is 0.451. The third kappa shape index (κ3) is 2.61. The molecule has 1 atom stereocenters. The van der Waals surface area contributed by atoms with Crippen molar-refractivity contribution in [2.24, 2.45) is 5.92 Å². The molecule has 0 aromatic rings. The van der Waals surface area contributed by atoms with Crippen molar-refractivity contribution in [1.82, 2.24) is 0 Å². The molecule has 0 aromatic heterocycles. The van der Waals surface area contributed by atoms with Crippen LogP contribution in [0.1, 0.15) is 34.1 Å². The summed E-state index contributed by atoms with van der Waals surface area (Å²) in [6.07, 6.45) is 1.22. The van der Waals surface area contributed by atoms with E-state index in [4.69, 9.17) is 0 Å². The van der Waals surface area contributed by atoms with E-state index in [0.717, 1.165) is 0 Å². The van der Waals surface area contributed by atoms with E-state index in [1.54, 1.807) is 0 Å². The monoisotopic (exact) mass is 132 g/mol. The van der Waals surface area contributed by atoms with E-state index in [1.807, 2.05) is 0 Å². The molecule has 1 heteroatoms. The highest BCUT2D eigenvalue weighted by molar-refractivity contribution is 7.81. The van der Waals surface area contributed by atoms with Gasteiger partial charge in [0.1, 0.15) is 0 Å². The van der Waals surface area contributed by atoms with Gasteiger partial charge >= 0.3 is 0 Å². The number of rotatable bonds is 2. The summed E-state index contributed by atoms with van der Waals surface area (Å²) >= 11 is 4.43. The van der Waals surface area contributed by atoms with Crippen molar-refractivity contribution in [2.75, 3.05) is 0 Å². The summed E-state index contributed by atoms with van der Waals surface area (Å²) in [4.78, 5) is 0. The molecule has 0 amide bonds. The first-order chi connectivity index (χ1) is 3.48. The number of hydrogen-bond acceptors (Lipinski definition) is 1. The van der Waals surface area contributed by atoms with E-state index in [0.29, 0.717) is 5.92 Å². The van der Waals surface area contributed by atoms with Gasteiger partial charge in [-0.05, 0) is 5.92 Å². The van der Waals surface area contributed by atoms with Gasteiger partial charge in [-0.3, -0.25) is 0 Å². The van der Waals surface area contributed by atoms with Crippen LogP contribution in [0.25, 0.3) is 0 Å². The highest BCUT2D eigenvalue weighted by atomic mass is 32.1. The lowest BCUT2D eigenvalue weighted by Gasteiger charge is -2.24. The summed E-state index contributed by atoms with van der Waals surface area (Å²) in [6.45, 7) is 8.74. The lowest BCUT2D eigenvalue weighted by atomic mass is 9.95.